The molecule has 1 atom stereocenters. The van der Waals surface area contributed by atoms with Crippen molar-refractivity contribution in [3.05, 3.63) is 35.4 Å². The van der Waals surface area contributed by atoms with Crippen LogP contribution in [-0.4, -0.2) is 29.5 Å². The Balaban J connectivity index is 2.34. The van der Waals surface area contributed by atoms with Crippen LogP contribution >= 0.6 is 11.8 Å². The van der Waals surface area contributed by atoms with Gasteiger partial charge >= 0.3 is 0 Å². The van der Waals surface area contributed by atoms with Crippen molar-refractivity contribution in [3.8, 4) is 0 Å². The quantitative estimate of drug-likeness (QED) is 0.783. The van der Waals surface area contributed by atoms with Gasteiger partial charge in [-0.05, 0) is 18.1 Å². The van der Waals surface area contributed by atoms with Gasteiger partial charge in [0.15, 0.2) is 0 Å². The Morgan fingerprint density at radius 3 is 2.59 bits per heavy atom. The highest BCUT2D eigenvalue weighted by atomic mass is 32.2. The molecule has 0 radical (unpaired) electrons. The SMILES string of the molecule is Cc1ccccc1CSCC(CO)NC(C)C. The summed E-state index contributed by atoms with van der Waals surface area (Å²) in [6.45, 7) is 6.56. The molecule has 0 aromatic heterocycles. The fraction of sp³-hybridized carbons (Fsp3) is 0.571. The van der Waals surface area contributed by atoms with Crippen molar-refractivity contribution in [1.82, 2.24) is 5.32 Å². The molecule has 1 aromatic carbocycles. The highest BCUT2D eigenvalue weighted by Crippen LogP contribution is 2.16. The molecule has 0 aliphatic rings. The number of aryl methyl sites for hydroxylation is 1. The number of thioether (sulfide) groups is 1. The molecule has 2 N–H and O–H groups in total. The van der Waals surface area contributed by atoms with Crippen molar-refractivity contribution in [3.63, 3.8) is 0 Å². The Labute approximate surface area is 109 Å². The van der Waals surface area contributed by atoms with Gasteiger partial charge in [-0.25, -0.2) is 0 Å². The predicted molar refractivity (Wildman–Crippen MR) is 76.5 cm³/mol. The van der Waals surface area contributed by atoms with Crippen molar-refractivity contribution in [2.45, 2.75) is 38.6 Å². The number of hydrogen-bond donors (Lipinski definition) is 2. The molecule has 0 aliphatic heterocycles. The molecule has 0 spiro atoms. The van der Waals surface area contributed by atoms with Crippen molar-refractivity contribution >= 4 is 11.8 Å². The van der Waals surface area contributed by atoms with E-state index in [1.54, 1.807) is 0 Å². The van der Waals surface area contributed by atoms with E-state index in [2.05, 4.69) is 50.4 Å². The molecule has 17 heavy (non-hydrogen) atoms. The number of aliphatic hydroxyl groups is 1. The maximum atomic E-state index is 9.25. The third kappa shape index (κ3) is 5.57. The Kier molecular flexibility index (Phi) is 6.63. The zero-order chi connectivity index (χ0) is 12.7. The van der Waals surface area contributed by atoms with Crippen LogP contribution in [0.3, 0.4) is 0 Å². The predicted octanol–water partition coefficient (Wildman–Crippen LogP) is 2.59. The first kappa shape index (κ1) is 14.6. The fourth-order valence-electron chi connectivity index (χ4n) is 1.71. The van der Waals surface area contributed by atoms with Gasteiger partial charge in [0.1, 0.15) is 0 Å². The minimum Gasteiger partial charge on any atom is -0.395 e. The summed E-state index contributed by atoms with van der Waals surface area (Å²) in [6.07, 6.45) is 0. The van der Waals surface area contributed by atoms with Crippen LogP contribution in [-0.2, 0) is 5.75 Å². The largest absolute Gasteiger partial charge is 0.395 e. The molecule has 2 nitrogen and oxygen atoms in total. The van der Waals surface area contributed by atoms with Crippen LogP contribution < -0.4 is 5.32 Å². The zero-order valence-corrected chi connectivity index (χ0v) is 11.8. The van der Waals surface area contributed by atoms with Crippen molar-refractivity contribution < 1.29 is 5.11 Å². The van der Waals surface area contributed by atoms with E-state index < -0.39 is 0 Å². The third-order valence-corrected chi connectivity index (χ3v) is 3.78. The van der Waals surface area contributed by atoms with Gasteiger partial charge in [-0.2, -0.15) is 11.8 Å². The van der Waals surface area contributed by atoms with Crippen molar-refractivity contribution in [2.24, 2.45) is 0 Å². The lowest BCUT2D eigenvalue weighted by Crippen LogP contribution is -2.39. The third-order valence-electron chi connectivity index (χ3n) is 2.63. The summed E-state index contributed by atoms with van der Waals surface area (Å²) in [7, 11) is 0. The fourth-order valence-corrected chi connectivity index (χ4v) is 2.86. The van der Waals surface area contributed by atoms with Crippen molar-refractivity contribution in [1.29, 1.82) is 0 Å². The second kappa shape index (κ2) is 7.75. The topological polar surface area (TPSA) is 32.3 Å². The molecular weight excluding hydrogens is 230 g/mol. The second-order valence-electron chi connectivity index (χ2n) is 4.64. The van der Waals surface area contributed by atoms with Crippen LogP contribution in [0.4, 0.5) is 0 Å². The lowest BCUT2D eigenvalue weighted by atomic mass is 10.1. The molecule has 0 saturated carbocycles. The number of benzene rings is 1. The number of nitrogens with one attached hydrogen (secondary N) is 1. The van der Waals surface area contributed by atoms with Crippen LogP contribution in [0.5, 0.6) is 0 Å². The summed E-state index contributed by atoms with van der Waals surface area (Å²) in [5.74, 6) is 1.96. The highest BCUT2D eigenvalue weighted by molar-refractivity contribution is 7.98. The summed E-state index contributed by atoms with van der Waals surface area (Å²) >= 11 is 1.87. The van der Waals surface area contributed by atoms with E-state index in [9.17, 15) is 5.11 Å². The first-order valence-electron chi connectivity index (χ1n) is 6.12. The molecule has 0 aliphatic carbocycles. The summed E-state index contributed by atoms with van der Waals surface area (Å²) < 4.78 is 0. The van der Waals surface area contributed by atoms with Crippen LogP contribution in [0.1, 0.15) is 25.0 Å². The Morgan fingerprint density at radius 2 is 2.00 bits per heavy atom. The average molecular weight is 253 g/mol. The van der Waals surface area contributed by atoms with Gasteiger partial charge in [0, 0.05) is 23.6 Å². The van der Waals surface area contributed by atoms with Crippen LogP contribution in [0, 0.1) is 6.92 Å². The molecule has 0 fully saturated rings. The Morgan fingerprint density at radius 1 is 1.29 bits per heavy atom. The molecule has 0 amide bonds. The lowest BCUT2D eigenvalue weighted by Gasteiger charge is -2.18. The van der Waals surface area contributed by atoms with Gasteiger partial charge in [0.05, 0.1) is 6.61 Å². The first-order valence-corrected chi connectivity index (χ1v) is 7.28. The minimum atomic E-state index is 0.198. The van der Waals surface area contributed by atoms with E-state index in [4.69, 9.17) is 0 Å². The number of aliphatic hydroxyl groups excluding tert-OH is 1. The minimum absolute atomic E-state index is 0.198. The maximum absolute atomic E-state index is 9.25. The van der Waals surface area contributed by atoms with Crippen LogP contribution in [0.25, 0.3) is 0 Å². The number of rotatable bonds is 7. The molecular formula is C14H23NOS. The van der Waals surface area contributed by atoms with Crippen molar-refractivity contribution in [2.75, 3.05) is 12.4 Å². The maximum Gasteiger partial charge on any atom is 0.0592 e. The van der Waals surface area contributed by atoms with Gasteiger partial charge in [-0.1, -0.05) is 38.1 Å². The standard InChI is InChI=1S/C14H23NOS/c1-11(2)15-14(8-16)10-17-9-13-7-5-4-6-12(13)3/h4-7,11,14-16H,8-10H2,1-3H3. The second-order valence-corrected chi connectivity index (χ2v) is 5.67. The van der Waals surface area contributed by atoms with Gasteiger partial charge in [-0.15, -0.1) is 0 Å². The van der Waals surface area contributed by atoms with E-state index in [0.29, 0.717) is 6.04 Å². The lowest BCUT2D eigenvalue weighted by molar-refractivity contribution is 0.247. The van der Waals surface area contributed by atoms with Crippen LogP contribution in [0.2, 0.25) is 0 Å². The van der Waals surface area contributed by atoms with E-state index >= 15 is 0 Å². The van der Waals surface area contributed by atoms with E-state index in [1.807, 2.05) is 11.8 Å². The molecule has 0 heterocycles. The van der Waals surface area contributed by atoms with Crippen LogP contribution in [0.15, 0.2) is 24.3 Å². The smallest absolute Gasteiger partial charge is 0.0592 e. The summed E-state index contributed by atoms with van der Waals surface area (Å²) in [6, 6.07) is 9.09. The molecule has 0 bridgehead atoms. The Bertz CT molecular complexity index is 328. The average Bonchev–Trinajstić information content (AvgIpc) is 2.29. The van der Waals surface area contributed by atoms with E-state index in [-0.39, 0.29) is 12.6 Å². The monoisotopic (exact) mass is 253 g/mol. The normalized spacial score (nSPS) is 13.0. The van der Waals surface area contributed by atoms with Gasteiger partial charge in [0.2, 0.25) is 0 Å². The zero-order valence-electron chi connectivity index (χ0n) is 10.9. The summed E-state index contributed by atoms with van der Waals surface area (Å²) in [5.41, 5.74) is 2.73. The summed E-state index contributed by atoms with van der Waals surface area (Å²) in [4.78, 5) is 0. The molecule has 3 heteroatoms. The molecule has 1 unspecified atom stereocenters. The van der Waals surface area contributed by atoms with E-state index in [1.165, 1.54) is 11.1 Å². The first-order chi connectivity index (χ1) is 8.13. The number of hydrogen-bond acceptors (Lipinski definition) is 3. The molecule has 1 rings (SSSR count). The van der Waals surface area contributed by atoms with E-state index in [0.717, 1.165) is 11.5 Å². The Hall–Kier alpha value is -0.510. The molecule has 0 saturated heterocycles. The highest BCUT2D eigenvalue weighted by Gasteiger charge is 2.08. The van der Waals surface area contributed by atoms with Gasteiger partial charge in [-0.3, -0.25) is 0 Å². The molecule has 96 valence electrons. The van der Waals surface area contributed by atoms with Gasteiger partial charge in [0.25, 0.3) is 0 Å². The summed E-state index contributed by atoms with van der Waals surface area (Å²) in [5, 5.41) is 12.6. The van der Waals surface area contributed by atoms with Gasteiger partial charge < -0.3 is 10.4 Å². The molecule has 1 aromatic rings.